The third kappa shape index (κ3) is 2.26. The van der Waals surface area contributed by atoms with Crippen molar-refractivity contribution in [3.8, 4) is 0 Å². The molecule has 1 aromatic carbocycles. The van der Waals surface area contributed by atoms with Crippen molar-refractivity contribution in [3.05, 3.63) is 52.8 Å². The van der Waals surface area contributed by atoms with Gasteiger partial charge in [-0.3, -0.25) is 14.3 Å². The number of aryl methyl sites for hydroxylation is 1. The predicted molar refractivity (Wildman–Crippen MR) is 79.5 cm³/mol. The van der Waals surface area contributed by atoms with Crippen molar-refractivity contribution in [3.63, 3.8) is 0 Å². The fourth-order valence-electron chi connectivity index (χ4n) is 2.85. The molecule has 1 amide bonds. The fraction of sp³-hybridized carbons (Fsp3) is 0.312. The SMILES string of the molecule is Cc1c(C(=O)N2Cc3ccccc3C(C(=O)O)C2)cnn1C. The Hall–Kier alpha value is -2.63. The lowest BCUT2D eigenvalue weighted by atomic mass is 9.89. The Labute approximate surface area is 128 Å². The van der Waals surface area contributed by atoms with E-state index in [0.717, 1.165) is 16.8 Å². The molecule has 1 aromatic heterocycles. The molecule has 1 aliphatic heterocycles. The van der Waals surface area contributed by atoms with Crippen LogP contribution in [0.3, 0.4) is 0 Å². The minimum absolute atomic E-state index is 0.175. The van der Waals surface area contributed by atoms with Gasteiger partial charge in [0.15, 0.2) is 0 Å². The zero-order chi connectivity index (χ0) is 15.9. The second kappa shape index (κ2) is 5.29. The molecule has 0 saturated heterocycles. The van der Waals surface area contributed by atoms with Gasteiger partial charge in [-0.25, -0.2) is 0 Å². The molecule has 2 heterocycles. The number of rotatable bonds is 2. The van der Waals surface area contributed by atoms with Crippen molar-refractivity contribution in [2.24, 2.45) is 7.05 Å². The molecule has 0 spiro atoms. The summed E-state index contributed by atoms with van der Waals surface area (Å²) in [7, 11) is 1.78. The number of carboxylic acid groups (broad SMARTS) is 1. The summed E-state index contributed by atoms with van der Waals surface area (Å²) in [6.45, 7) is 2.43. The van der Waals surface area contributed by atoms with Gasteiger partial charge in [0, 0.05) is 25.8 Å². The highest BCUT2D eigenvalue weighted by Crippen LogP contribution is 2.29. The van der Waals surface area contributed by atoms with Gasteiger partial charge in [-0.1, -0.05) is 24.3 Å². The number of aromatic nitrogens is 2. The van der Waals surface area contributed by atoms with Crippen LogP contribution in [0.15, 0.2) is 30.5 Å². The first kappa shape index (κ1) is 14.3. The number of benzene rings is 1. The van der Waals surface area contributed by atoms with Gasteiger partial charge in [-0.05, 0) is 18.1 Å². The Morgan fingerprint density at radius 3 is 2.68 bits per heavy atom. The molecule has 1 aliphatic rings. The highest BCUT2D eigenvalue weighted by molar-refractivity contribution is 5.95. The van der Waals surface area contributed by atoms with Crippen LogP contribution in [-0.2, 0) is 18.4 Å². The average Bonchev–Trinajstić information content (AvgIpc) is 2.85. The van der Waals surface area contributed by atoms with Crippen LogP contribution in [0.1, 0.15) is 33.1 Å². The lowest BCUT2D eigenvalue weighted by Gasteiger charge is -2.32. The standard InChI is InChI=1S/C16H17N3O3/c1-10-13(7-17-18(10)2)15(20)19-8-11-5-3-4-6-12(11)14(9-19)16(21)22/h3-7,14H,8-9H2,1-2H3,(H,21,22). The maximum atomic E-state index is 12.7. The summed E-state index contributed by atoms with van der Waals surface area (Å²) in [4.78, 5) is 25.8. The van der Waals surface area contributed by atoms with Crippen molar-refractivity contribution in [1.82, 2.24) is 14.7 Å². The molecule has 1 atom stereocenters. The topological polar surface area (TPSA) is 75.4 Å². The van der Waals surface area contributed by atoms with Crippen LogP contribution in [0.25, 0.3) is 0 Å². The first-order valence-electron chi connectivity index (χ1n) is 7.07. The molecule has 0 fully saturated rings. The van der Waals surface area contributed by atoms with Gasteiger partial charge in [-0.15, -0.1) is 0 Å². The fourth-order valence-corrected chi connectivity index (χ4v) is 2.85. The van der Waals surface area contributed by atoms with E-state index in [1.807, 2.05) is 31.2 Å². The van der Waals surface area contributed by atoms with Crippen LogP contribution in [-0.4, -0.2) is 38.2 Å². The highest BCUT2D eigenvalue weighted by atomic mass is 16.4. The molecule has 6 heteroatoms. The lowest BCUT2D eigenvalue weighted by Crippen LogP contribution is -2.40. The van der Waals surface area contributed by atoms with Crippen LogP contribution in [0.4, 0.5) is 0 Å². The first-order chi connectivity index (χ1) is 10.5. The molecule has 1 N–H and O–H groups in total. The van der Waals surface area contributed by atoms with Gasteiger partial charge >= 0.3 is 5.97 Å². The smallest absolute Gasteiger partial charge is 0.312 e. The summed E-state index contributed by atoms with van der Waals surface area (Å²) in [6, 6.07) is 7.39. The Kier molecular flexibility index (Phi) is 3.44. The molecule has 2 aromatic rings. The molecule has 0 radical (unpaired) electrons. The molecular weight excluding hydrogens is 282 g/mol. The Bertz CT molecular complexity index is 751. The monoisotopic (exact) mass is 299 g/mol. The van der Waals surface area contributed by atoms with E-state index in [1.54, 1.807) is 16.6 Å². The summed E-state index contributed by atoms with van der Waals surface area (Å²) in [6.07, 6.45) is 1.54. The van der Waals surface area contributed by atoms with Crippen LogP contribution >= 0.6 is 0 Å². The van der Waals surface area contributed by atoms with Gasteiger partial charge in [0.2, 0.25) is 0 Å². The first-order valence-corrected chi connectivity index (χ1v) is 7.07. The van der Waals surface area contributed by atoms with Crippen molar-refractivity contribution in [2.45, 2.75) is 19.4 Å². The van der Waals surface area contributed by atoms with Crippen LogP contribution in [0.5, 0.6) is 0 Å². The number of amides is 1. The number of carboxylic acids is 1. The number of carbonyl (C=O) groups excluding carboxylic acids is 1. The average molecular weight is 299 g/mol. The minimum atomic E-state index is -0.909. The van der Waals surface area contributed by atoms with E-state index >= 15 is 0 Å². The summed E-state index contributed by atoms with van der Waals surface area (Å²) in [5, 5.41) is 13.5. The maximum Gasteiger partial charge on any atom is 0.312 e. The summed E-state index contributed by atoms with van der Waals surface area (Å²) in [5.74, 6) is -1.77. The van der Waals surface area contributed by atoms with Crippen LogP contribution < -0.4 is 0 Å². The van der Waals surface area contributed by atoms with Gasteiger partial charge in [0.1, 0.15) is 0 Å². The molecule has 1 unspecified atom stereocenters. The normalized spacial score (nSPS) is 17.2. The Morgan fingerprint density at radius 2 is 2.05 bits per heavy atom. The number of carbonyl (C=O) groups is 2. The van der Waals surface area contributed by atoms with E-state index in [4.69, 9.17) is 0 Å². The summed E-state index contributed by atoms with van der Waals surface area (Å²) in [5.41, 5.74) is 2.97. The van der Waals surface area contributed by atoms with E-state index in [-0.39, 0.29) is 12.5 Å². The van der Waals surface area contributed by atoms with Crippen molar-refractivity contribution in [2.75, 3.05) is 6.54 Å². The molecule has 22 heavy (non-hydrogen) atoms. The number of fused-ring (bicyclic) bond motifs is 1. The van der Waals surface area contributed by atoms with Crippen molar-refractivity contribution >= 4 is 11.9 Å². The summed E-state index contributed by atoms with van der Waals surface area (Å²) < 4.78 is 1.64. The van der Waals surface area contributed by atoms with E-state index in [1.165, 1.54) is 6.20 Å². The minimum Gasteiger partial charge on any atom is -0.481 e. The Morgan fingerprint density at radius 1 is 1.32 bits per heavy atom. The van der Waals surface area contributed by atoms with Gasteiger partial charge in [0.05, 0.1) is 17.7 Å². The lowest BCUT2D eigenvalue weighted by molar-refractivity contribution is -0.139. The number of nitrogens with zero attached hydrogens (tertiary/aromatic N) is 3. The van der Waals surface area contributed by atoms with Crippen LogP contribution in [0, 0.1) is 6.92 Å². The molecule has 114 valence electrons. The van der Waals surface area contributed by atoms with Gasteiger partial charge in [0.25, 0.3) is 5.91 Å². The Balaban J connectivity index is 1.95. The molecule has 3 rings (SSSR count). The van der Waals surface area contributed by atoms with E-state index in [9.17, 15) is 14.7 Å². The maximum absolute atomic E-state index is 12.7. The number of hydrogen-bond donors (Lipinski definition) is 1. The van der Waals surface area contributed by atoms with Crippen molar-refractivity contribution < 1.29 is 14.7 Å². The van der Waals surface area contributed by atoms with E-state index < -0.39 is 11.9 Å². The molecular formula is C16H17N3O3. The third-order valence-corrected chi connectivity index (χ3v) is 4.25. The molecule has 0 saturated carbocycles. The molecule has 0 bridgehead atoms. The van der Waals surface area contributed by atoms with Gasteiger partial charge in [-0.2, -0.15) is 5.10 Å². The summed E-state index contributed by atoms with van der Waals surface area (Å²) >= 11 is 0. The largest absolute Gasteiger partial charge is 0.481 e. The second-order valence-corrected chi connectivity index (χ2v) is 5.54. The second-order valence-electron chi connectivity index (χ2n) is 5.54. The van der Waals surface area contributed by atoms with Gasteiger partial charge < -0.3 is 10.0 Å². The quantitative estimate of drug-likeness (QED) is 0.913. The van der Waals surface area contributed by atoms with E-state index in [2.05, 4.69) is 5.10 Å². The molecule has 6 nitrogen and oxygen atoms in total. The zero-order valence-electron chi connectivity index (χ0n) is 12.5. The predicted octanol–water partition coefficient (Wildman–Crippen LogP) is 1.55. The van der Waals surface area contributed by atoms with Crippen LogP contribution in [0.2, 0.25) is 0 Å². The third-order valence-electron chi connectivity index (χ3n) is 4.25. The van der Waals surface area contributed by atoms with E-state index in [0.29, 0.717) is 12.1 Å². The van der Waals surface area contributed by atoms with Crippen molar-refractivity contribution in [1.29, 1.82) is 0 Å². The number of aliphatic carboxylic acids is 1. The zero-order valence-corrected chi connectivity index (χ0v) is 12.5. The highest BCUT2D eigenvalue weighted by Gasteiger charge is 2.33. The number of hydrogen-bond acceptors (Lipinski definition) is 3. The molecule has 0 aliphatic carbocycles.